The van der Waals surface area contributed by atoms with E-state index in [0.717, 1.165) is 0 Å². The molecule has 222 valence electrons. The van der Waals surface area contributed by atoms with Crippen LogP contribution in [-0.2, 0) is 38.5 Å². The normalized spacial score (nSPS) is 24.5. The van der Waals surface area contributed by atoms with E-state index in [4.69, 9.17) is 24.5 Å². The molecule has 1 fully saturated rings. The lowest BCUT2D eigenvalue weighted by Crippen LogP contribution is -2.44. The molecule has 2 aromatic heterocycles. The second kappa shape index (κ2) is 13.1. The average Bonchev–Trinajstić information content (AvgIpc) is 3.45. The van der Waals surface area contributed by atoms with Crippen molar-refractivity contribution in [2.24, 2.45) is 4.99 Å². The van der Waals surface area contributed by atoms with Crippen LogP contribution in [0.2, 0.25) is 0 Å². The monoisotopic (exact) mass is 585 g/mol. The Morgan fingerprint density at radius 2 is 1.82 bits per heavy atom. The molecule has 6 N–H and O–H groups in total. The van der Waals surface area contributed by atoms with E-state index in [0.29, 0.717) is 11.2 Å². The Labute approximate surface area is 230 Å². The maximum Gasteiger partial charge on any atom is 0.342 e. The Hall–Kier alpha value is -2.98. The van der Waals surface area contributed by atoms with Crippen molar-refractivity contribution in [2.45, 2.75) is 63.7 Å². The Morgan fingerprint density at radius 1 is 1.23 bits per heavy atom. The second-order valence-electron chi connectivity index (χ2n) is 9.08. The van der Waals surface area contributed by atoms with Gasteiger partial charge in [0.2, 0.25) is 0 Å². The summed E-state index contributed by atoms with van der Waals surface area (Å²) >= 11 is 0. The molecule has 2 aromatic rings. The zero-order chi connectivity index (χ0) is 29.7. The van der Waals surface area contributed by atoms with Crippen molar-refractivity contribution in [1.82, 2.24) is 24.8 Å². The fourth-order valence-corrected chi connectivity index (χ4v) is 6.14. The number of nitrogens with two attached hydrogens (primary N) is 1. The molecule has 0 saturated carbocycles. The highest BCUT2D eigenvalue weighted by molar-refractivity contribution is 7.54. The number of nitrogens with zero attached hydrogens (tertiary/aromatic N) is 4. The van der Waals surface area contributed by atoms with Gasteiger partial charge < -0.3 is 34.7 Å². The highest BCUT2D eigenvalue weighted by Gasteiger charge is 2.57. The maximum absolute atomic E-state index is 13.8. The van der Waals surface area contributed by atoms with Crippen molar-refractivity contribution in [3.05, 3.63) is 24.2 Å². The zero-order valence-corrected chi connectivity index (χ0v) is 23.6. The Morgan fingerprint density at radius 3 is 2.38 bits per heavy atom. The van der Waals surface area contributed by atoms with Crippen LogP contribution in [0.4, 0.5) is 5.82 Å². The van der Waals surface area contributed by atoms with Crippen LogP contribution in [-0.4, -0.2) is 100 Å². The van der Waals surface area contributed by atoms with Gasteiger partial charge in [0, 0.05) is 0 Å². The van der Waals surface area contributed by atoms with E-state index < -0.39 is 62.2 Å². The molecule has 0 aliphatic carbocycles. The van der Waals surface area contributed by atoms with Gasteiger partial charge in [-0.2, -0.15) is 5.10 Å². The molecule has 0 amide bonds. The van der Waals surface area contributed by atoms with E-state index in [-0.39, 0.29) is 25.6 Å². The number of aliphatic hydroxyl groups is 2. The van der Waals surface area contributed by atoms with Crippen LogP contribution in [0.1, 0.15) is 33.4 Å². The number of aromatic nitrogens is 3. The zero-order valence-electron chi connectivity index (χ0n) is 22.7. The molecule has 17 heteroatoms. The number of nitrogen functional groups attached to an aromatic ring is 1. The lowest BCUT2D eigenvalue weighted by molar-refractivity contribution is -0.145. The molecule has 0 aromatic carbocycles. The molecule has 0 spiro atoms. The molecule has 3 rings (SSSR count). The molecular weight excluding hydrogens is 549 g/mol. The van der Waals surface area contributed by atoms with Crippen molar-refractivity contribution in [3.8, 4) is 0 Å². The number of aliphatic imine (C=N–C) groups is 1. The van der Waals surface area contributed by atoms with Crippen LogP contribution in [0.15, 0.2) is 23.5 Å². The predicted octanol–water partition coefficient (Wildman–Crippen LogP) is -0.465. The Bertz CT molecular complexity index is 1230. The van der Waals surface area contributed by atoms with Crippen molar-refractivity contribution in [1.29, 1.82) is 0 Å². The van der Waals surface area contributed by atoms with Crippen molar-refractivity contribution < 1.29 is 43.1 Å². The largest absolute Gasteiger partial charge is 0.465 e. The number of fused-ring (bicyclic) bond motifs is 1. The molecule has 6 atom stereocenters. The van der Waals surface area contributed by atoms with Gasteiger partial charge >= 0.3 is 19.6 Å². The van der Waals surface area contributed by atoms with Gasteiger partial charge in [0.25, 0.3) is 0 Å². The summed E-state index contributed by atoms with van der Waals surface area (Å²) in [5, 5.41) is 31.4. The number of hydrogen-bond donors (Lipinski definition) is 5. The van der Waals surface area contributed by atoms with Gasteiger partial charge in [0.1, 0.15) is 42.2 Å². The number of hydrogen-bond acceptors (Lipinski definition) is 13. The number of esters is 2. The van der Waals surface area contributed by atoms with Gasteiger partial charge in [-0.1, -0.05) is 0 Å². The SMILES string of the molecule is C=NC[C@@]1(c2ccc3c(N)ncnn23)O[C@H](COP(=O)(N[C@@H](C)C(=O)OCC)N[C@@H](C)C(=O)OCC)[C@@H](O)[C@H]1O. The number of nitrogens with one attached hydrogen (secondary N) is 2. The second-order valence-corrected chi connectivity index (χ2v) is 11.0. The molecule has 1 aliphatic rings. The highest BCUT2D eigenvalue weighted by atomic mass is 31.2. The number of anilines is 1. The summed E-state index contributed by atoms with van der Waals surface area (Å²) in [6.45, 7) is 8.99. The summed E-state index contributed by atoms with van der Waals surface area (Å²) in [4.78, 5) is 32.2. The van der Waals surface area contributed by atoms with Crippen molar-refractivity contribution >= 4 is 37.7 Å². The van der Waals surface area contributed by atoms with Crippen LogP contribution in [0.3, 0.4) is 0 Å². The first-order chi connectivity index (χ1) is 18.9. The third-order valence-corrected chi connectivity index (χ3v) is 8.20. The summed E-state index contributed by atoms with van der Waals surface area (Å²) in [5.74, 6) is -1.23. The van der Waals surface area contributed by atoms with Crippen LogP contribution in [0.25, 0.3) is 5.52 Å². The summed E-state index contributed by atoms with van der Waals surface area (Å²) < 4.78 is 36.9. The maximum atomic E-state index is 13.8. The predicted molar refractivity (Wildman–Crippen MR) is 142 cm³/mol. The number of ether oxygens (including phenoxy) is 3. The number of rotatable bonds is 14. The molecule has 0 unspecified atom stereocenters. The Kier molecular flexibility index (Phi) is 10.3. The fraction of sp³-hybridized carbons (Fsp3) is 0.609. The summed E-state index contributed by atoms with van der Waals surface area (Å²) in [5.41, 5.74) is 5.05. The van der Waals surface area contributed by atoms with E-state index in [2.05, 4.69) is 32.0 Å². The van der Waals surface area contributed by atoms with Gasteiger partial charge in [-0.25, -0.2) is 19.7 Å². The van der Waals surface area contributed by atoms with Gasteiger partial charge in [-0.15, -0.1) is 0 Å². The topological polar surface area (TPSA) is 221 Å². The first kappa shape index (κ1) is 31.5. The lowest BCUT2D eigenvalue weighted by atomic mass is 9.91. The van der Waals surface area contributed by atoms with Gasteiger partial charge in [-0.05, 0) is 46.5 Å². The third kappa shape index (κ3) is 6.49. The molecule has 3 heterocycles. The van der Waals surface area contributed by atoms with Crippen LogP contribution >= 0.6 is 7.67 Å². The first-order valence-corrected chi connectivity index (χ1v) is 14.2. The summed E-state index contributed by atoms with van der Waals surface area (Å²) in [7, 11) is -4.20. The van der Waals surface area contributed by atoms with Gasteiger partial charge in [0.05, 0.1) is 32.1 Å². The molecule has 0 radical (unpaired) electrons. The molecule has 1 saturated heterocycles. The first-order valence-electron chi connectivity index (χ1n) is 12.6. The Balaban J connectivity index is 1.88. The van der Waals surface area contributed by atoms with Crippen LogP contribution in [0, 0.1) is 0 Å². The van der Waals surface area contributed by atoms with E-state index in [1.54, 1.807) is 26.0 Å². The molecule has 1 aliphatic heterocycles. The minimum Gasteiger partial charge on any atom is -0.465 e. The summed E-state index contributed by atoms with van der Waals surface area (Å²) in [6, 6.07) is 1.01. The number of carbonyl (C=O) groups excluding carboxylic acids is 2. The number of carbonyl (C=O) groups is 2. The van der Waals surface area contributed by atoms with Crippen molar-refractivity contribution in [3.63, 3.8) is 0 Å². The average molecular weight is 586 g/mol. The van der Waals surface area contributed by atoms with Gasteiger partial charge in [0.15, 0.2) is 11.4 Å². The van der Waals surface area contributed by atoms with Gasteiger partial charge in [-0.3, -0.25) is 19.1 Å². The lowest BCUT2D eigenvalue weighted by Gasteiger charge is -2.30. The van der Waals surface area contributed by atoms with Crippen LogP contribution in [0.5, 0.6) is 0 Å². The van der Waals surface area contributed by atoms with E-state index in [1.165, 1.54) is 24.7 Å². The van der Waals surface area contributed by atoms with Crippen LogP contribution < -0.4 is 15.9 Å². The smallest absolute Gasteiger partial charge is 0.342 e. The molecule has 40 heavy (non-hydrogen) atoms. The van der Waals surface area contributed by atoms with E-state index in [9.17, 15) is 24.4 Å². The number of aliphatic hydroxyl groups excluding tert-OH is 2. The minimum absolute atomic E-state index is 0.0904. The van der Waals surface area contributed by atoms with E-state index in [1.807, 2.05) is 0 Å². The molecular formula is C23H36N7O9P. The minimum atomic E-state index is -4.20. The fourth-order valence-electron chi connectivity index (χ4n) is 4.32. The quantitative estimate of drug-likeness (QED) is 0.108. The van der Waals surface area contributed by atoms with E-state index >= 15 is 0 Å². The molecule has 16 nitrogen and oxygen atoms in total. The highest BCUT2D eigenvalue weighted by Crippen LogP contribution is 2.44. The third-order valence-electron chi connectivity index (χ3n) is 6.23. The summed E-state index contributed by atoms with van der Waals surface area (Å²) in [6.07, 6.45) is -3.10. The standard InChI is InChI=1S/C23H36N7O9P/c1-6-36-21(33)13(3)28-40(35,29-14(4)22(34)37-7-2)38-10-16-18(31)19(32)23(39-16,11-25-5)17-9-8-15-20(24)26-12-27-30(15)17/h8-9,12-14,16,18-19,31-32H,5-7,10-11H2,1-4H3,(H2,24,26,27)(H2,28,29,35)/t13-,14-,16+,18+,19+,23-/m0/s1. The molecule has 0 bridgehead atoms. The van der Waals surface area contributed by atoms with Crippen molar-refractivity contribution in [2.75, 3.05) is 32.1 Å².